The number of morpholine rings is 1. The Kier molecular flexibility index (Phi) is 6.21. The zero-order valence-electron chi connectivity index (χ0n) is 16.4. The molecule has 4 rings (SSSR count). The van der Waals surface area contributed by atoms with Gasteiger partial charge in [0.15, 0.2) is 0 Å². The first-order valence-corrected chi connectivity index (χ1v) is 10.1. The van der Waals surface area contributed by atoms with E-state index in [0.717, 1.165) is 22.5 Å². The van der Waals surface area contributed by atoms with Crippen LogP contribution in [0.5, 0.6) is 0 Å². The quantitative estimate of drug-likeness (QED) is 0.676. The third-order valence-electron chi connectivity index (χ3n) is 5.00. The summed E-state index contributed by atoms with van der Waals surface area (Å²) in [6, 6.07) is 13.3. The van der Waals surface area contributed by atoms with Crippen molar-refractivity contribution in [2.45, 2.75) is 18.9 Å². The van der Waals surface area contributed by atoms with E-state index in [1.165, 1.54) is 0 Å². The molecule has 3 heterocycles. The van der Waals surface area contributed by atoms with Crippen molar-refractivity contribution in [1.82, 2.24) is 19.9 Å². The van der Waals surface area contributed by atoms with E-state index in [4.69, 9.17) is 27.1 Å². The molecule has 1 saturated heterocycles. The summed E-state index contributed by atoms with van der Waals surface area (Å²) < 4.78 is 5.91. The molecule has 0 aliphatic carbocycles. The summed E-state index contributed by atoms with van der Waals surface area (Å²) in [5.74, 6) is 0.323. The van der Waals surface area contributed by atoms with Crippen LogP contribution in [0.3, 0.4) is 0 Å². The molecule has 0 saturated carbocycles. The molecule has 1 fully saturated rings. The second-order valence-corrected chi connectivity index (χ2v) is 7.54. The number of rotatable bonds is 5. The molecule has 1 aliphatic heterocycles. The lowest BCUT2D eigenvalue weighted by molar-refractivity contribution is -0.139. The first kappa shape index (κ1) is 20.3. The lowest BCUT2D eigenvalue weighted by Crippen LogP contribution is -2.42. The third-order valence-corrected chi connectivity index (χ3v) is 5.24. The monoisotopic (exact) mass is 423 g/mol. The average molecular weight is 424 g/mol. The number of aromatic nitrogens is 3. The van der Waals surface area contributed by atoms with Gasteiger partial charge in [-0.15, -0.1) is 0 Å². The van der Waals surface area contributed by atoms with Crippen LogP contribution in [-0.2, 0) is 16.0 Å². The van der Waals surface area contributed by atoms with Gasteiger partial charge < -0.3 is 15.4 Å². The van der Waals surface area contributed by atoms with Gasteiger partial charge in [0, 0.05) is 35.9 Å². The van der Waals surface area contributed by atoms with Crippen LogP contribution in [0, 0.1) is 0 Å². The first-order valence-electron chi connectivity index (χ1n) is 9.77. The van der Waals surface area contributed by atoms with Gasteiger partial charge in [0.25, 0.3) is 0 Å². The molecule has 154 valence electrons. The number of carbonyl (C=O) groups is 1. The highest BCUT2D eigenvalue weighted by Gasteiger charge is 2.26. The minimum Gasteiger partial charge on any atom is -0.368 e. The van der Waals surface area contributed by atoms with Gasteiger partial charge in [0.05, 0.1) is 24.5 Å². The number of ether oxygens (including phenoxy) is 1. The summed E-state index contributed by atoms with van der Waals surface area (Å²) in [5.41, 5.74) is 8.90. The Bertz CT molecular complexity index is 1030. The van der Waals surface area contributed by atoms with Crippen LogP contribution < -0.4 is 5.73 Å². The maximum Gasteiger partial charge on any atom is 0.223 e. The number of nitrogens with two attached hydrogens (primary N) is 1. The number of hydrogen-bond acceptors (Lipinski definition) is 6. The number of amides is 1. The fourth-order valence-corrected chi connectivity index (χ4v) is 3.63. The fraction of sp³-hybridized carbons (Fsp3) is 0.273. The van der Waals surface area contributed by atoms with Crippen molar-refractivity contribution in [1.29, 1.82) is 0 Å². The molecule has 1 atom stereocenters. The molecule has 0 bridgehead atoms. The van der Waals surface area contributed by atoms with E-state index < -0.39 is 0 Å². The SMILES string of the molecule is Nc1ncc(-c2cccc([C@@H]3CN(C(=O)CCc4cccc(Cl)c4)CCO3)n2)cn1. The van der Waals surface area contributed by atoms with Crippen LogP contribution in [0.25, 0.3) is 11.3 Å². The minimum absolute atomic E-state index is 0.103. The fourth-order valence-electron chi connectivity index (χ4n) is 3.42. The average Bonchev–Trinajstić information content (AvgIpc) is 2.78. The maximum atomic E-state index is 12.7. The van der Waals surface area contributed by atoms with Gasteiger partial charge in [-0.3, -0.25) is 4.79 Å². The number of pyridine rings is 1. The van der Waals surface area contributed by atoms with Crippen molar-refractivity contribution >= 4 is 23.5 Å². The number of halogens is 1. The van der Waals surface area contributed by atoms with Gasteiger partial charge in [-0.2, -0.15) is 0 Å². The number of nitrogen functional groups attached to an aromatic ring is 1. The standard InChI is InChI=1S/C22H22ClN5O2/c23-17-4-1-3-15(11-17)7-8-21(29)28-9-10-30-20(14-28)19-6-2-5-18(27-19)16-12-25-22(24)26-13-16/h1-6,11-13,20H,7-10,14H2,(H2,24,25,26)/t20-/m0/s1. The van der Waals surface area contributed by atoms with Crippen LogP contribution in [0.1, 0.15) is 23.8 Å². The lowest BCUT2D eigenvalue weighted by Gasteiger charge is -2.33. The van der Waals surface area contributed by atoms with E-state index in [1.54, 1.807) is 12.4 Å². The Morgan fingerprint density at radius 3 is 2.80 bits per heavy atom. The predicted molar refractivity (Wildman–Crippen MR) is 115 cm³/mol. The molecule has 7 nitrogen and oxygen atoms in total. The van der Waals surface area contributed by atoms with Crippen molar-refractivity contribution in [3.8, 4) is 11.3 Å². The van der Waals surface area contributed by atoms with Gasteiger partial charge in [-0.05, 0) is 36.2 Å². The zero-order chi connectivity index (χ0) is 20.9. The van der Waals surface area contributed by atoms with E-state index in [-0.39, 0.29) is 18.0 Å². The number of hydrogen-bond donors (Lipinski definition) is 1. The van der Waals surface area contributed by atoms with Gasteiger partial charge in [0.1, 0.15) is 6.10 Å². The first-order chi connectivity index (χ1) is 14.6. The molecule has 0 spiro atoms. The molecular formula is C22H22ClN5O2. The zero-order valence-corrected chi connectivity index (χ0v) is 17.1. The van der Waals surface area contributed by atoms with Crippen LogP contribution in [-0.4, -0.2) is 45.5 Å². The Labute approximate surface area is 179 Å². The van der Waals surface area contributed by atoms with E-state index in [0.29, 0.717) is 37.6 Å². The summed E-state index contributed by atoms with van der Waals surface area (Å²) in [4.78, 5) is 27.3. The molecule has 1 aromatic carbocycles. The maximum absolute atomic E-state index is 12.7. The molecule has 2 N–H and O–H groups in total. The molecule has 30 heavy (non-hydrogen) atoms. The minimum atomic E-state index is -0.275. The number of aryl methyl sites for hydroxylation is 1. The third kappa shape index (κ3) is 4.93. The number of nitrogens with zero attached hydrogens (tertiary/aromatic N) is 4. The van der Waals surface area contributed by atoms with Gasteiger partial charge in [0.2, 0.25) is 11.9 Å². The Hall–Kier alpha value is -3.03. The topological polar surface area (TPSA) is 94.2 Å². The molecule has 0 radical (unpaired) electrons. The second kappa shape index (κ2) is 9.19. The molecule has 2 aromatic heterocycles. The van der Waals surface area contributed by atoms with Gasteiger partial charge in [-0.25, -0.2) is 15.0 Å². The van der Waals surface area contributed by atoms with Crippen molar-refractivity contribution < 1.29 is 9.53 Å². The Morgan fingerprint density at radius 1 is 1.20 bits per heavy atom. The summed E-state index contributed by atoms with van der Waals surface area (Å²) in [6.07, 6.45) is 4.10. The van der Waals surface area contributed by atoms with Crippen molar-refractivity contribution in [2.75, 3.05) is 25.4 Å². The van der Waals surface area contributed by atoms with Crippen LogP contribution >= 0.6 is 11.6 Å². The highest BCUT2D eigenvalue weighted by atomic mass is 35.5. The summed E-state index contributed by atoms with van der Waals surface area (Å²) in [6.45, 7) is 1.53. The van der Waals surface area contributed by atoms with Crippen LogP contribution in [0.15, 0.2) is 54.9 Å². The van der Waals surface area contributed by atoms with Gasteiger partial charge in [-0.1, -0.05) is 29.8 Å². The van der Waals surface area contributed by atoms with Crippen molar-refractivity contribution in [2.24, 2.45) is 0 Å². The summed E-state index contributed by atoms with van der Waals surface area (Å²) in [7, 11) is 0. The van der Waals surface area contributed by atoms with Crippen molar-refractivity contribution in [3.63, 3.8) is 0 Å². The van der Waals surface area contributed by atoms with Crippen LogP contribution in [0.2, 0.25) is 5.02 Å². The smallest absolute Gasteiger partial charge is 0.223 e. The van der Waals surface area contributed by atoms with E-state index in [9.17, 15) is 4.79 Å². The number of carbonyl (C=O) groups excluding carboxylic acids is 1. The lowest BCUT2D eigenvalue weighted by atomic mass is 10.1. The predicted octanol–water partition coefficient (Wildman–Crippen LogP) is 3.31. The van der Waals surface area contributed by atoms with Crippen molar-refractivity contribution in [3.05, 3.63) is 71.1 Å². The Balaban J connectivity index is 1.41. The highest BCUT2D eigenvalue weighted by molar-refractivity contribution is 6.30. The molecular weight excluding hydrogens is 402 g/mol. The second-order valence-electron chi connectivity index (χ2n) is 7.11. The van der Waals surface area contributed by atoms with E-state index >= 15 is 0 Å². The van der Waals surface area contributed by atoms with E-state index in [1.807, 2.05) is 47.4 Å². The molecule has 8 heteroatoms. The normalized spacial score (nSPS) is 16.4. The molecule has 3 aromatic rings. The Morgan fingerprint density at radius 2 is 2.00 bits per heavy atom. The highest BCUT2D eigenvalue weighted by Crippen LogP contribution is 2.24. The number of anilines is 1. The molecule has 1 amide bonds. The summed E-state index contributed by atoms with van der Waals surface area (Å²) >= 11 is 6.03. The summed E-state index contributed by atoms with van der Waals surface area (Å²) in [5, 5.41) is 0.684. The molecule has 0 unspecified atom stereocenters. The van der Waals surface area contributed by atoms with E-state index in [2.05, 4.69) is 9.97 Å². The van der Waals surface area contributed by atoms with Crippen LogP contribution in [0.4, 0.5) is 5.95 Å². The number of benzene rings is 1. The molecule has 1 aliphatic rings. The largest absolute Gasteiger partial charge is 0.368 e. The van der Waals surface area contributed by atoms with Gasteiger partial charge >= 0.3 is 0 Å².